The molecule has 2 bridgehead atoms. The van der Waals surface area contributed by atoms with Crippen LogP contribution >= 0.6 is 11.6 Å². The van der Waals surface area contributed by atoms with Crippen molar-refractivity contribution in [3.05, 3.63) is 34.6 Å². The summed E-state index contributed by atoms with van der Waals surface area (Å²) >= 11 is 5.91. The second-order valence-electron chi connectivity index (χ2n) is 7.16. The van der Waals surface area contributed by atoms with Crippen molar-refractivity contribution in [3.63, 3.8) is 0 Å². The van der Waals surface area contributed by atoms with E-state index < -0.39 is 0 Å². The van der Waals surface area contributed by atoms with Gasteiger partial charge >= 0.3 is 0 Å². The minimum absolute atomic E-state index is 0.145. The molecule has 0 radical (unpaired) electrons. The summed E-state index contributed by atoms with van der Waals surface area (Å²) in [5.41, 5.74) is 0.826. The van der Waals surface area contributed by atoms with Crippen LogP contribution in [0.2, 0.25) is 5.02 Å². The molecule has 3 aliphatic rings. The van der Waals surface area contributed by atoms with E-state index in [4.69, 9.17) is 11.6 Å². The molecule has 5 atom stereocenters. The minimum atomic E-state index is -0.145. The Bertz CT molecular complexity index is 530. The highest BCUT2D eigenvalue weighted by Gasteiger charge is 2.66. The molecule has 1 nitrogen and oxygen atoms in total. The van der Waals surface area contributed by atoms with Crippen LogP contribution in [-0.2, 0) is 0 Å². The summed E-state index contributed by atoms with van der Waals surface area (Å²) in [7, 11) is 0. The first-order valence-electron chi connectivity index (χ1n) is 8.39. The molecule has 0 amide bonds. The third kappa shape index (κ3) is 2.22. The van der Waals surface area contributed by atoms with E-state index in [9.17, 15) is 4.39 Å². The first-order valence-corrected chi connectivity index (χ1v) is 8.76. The van der Waals surface area contributed by atoms with Crippen LogP contribution < -0.4 is 5.32 Å². The van der Waals surface area contributed by atoms with Crippen LogP contribution in [0.3, 0.4) is 0 Å². The van der Waals surface area contributed by atoms with Crippen molar-refractivity contribution in [2.24, 2.45) is 29.6 Å². The van der Waals surface area contributed by atoms with Gasteiger partial charge in [0.05, 0.1) is 0 Å². The number of hydrogen-bond acceptors (Lipinski definition) is 1. The highest BCUT2D eigenvalue weighted by molar-refractivity contribution is 6.30. The van der Waals surface area contributed by atoms with Gasteiger partial charge < -0.3 is 5.32 Å². The molecule has 1 aromatic rings. The summed E-state index contributed by atoms with van der Waals surface area (Å²) in [4.78, 5) is 0. The van der Waals surface area contributed by atoms with E-state index in [1.807, 2.05) is 12.1 Å². The molecule has 1 aromatic carbocycles. The van der Waals surface area contributed by atoms with Crippen molar-refractivity contribution < 1.29 is 4.39 Å². The van der Waals surface area contributed by atoms with Gasteiger partial charge in [-0.3, -0.25) is 0 Å². The molecular formula is C18H23ClFN. The van der Waals surface area contributed by atoms with Crippen molar-refractivity contribution in [1.82, 2.24) is 5.32 Å². The van der Waals surface area contributed by atoms with Crippen LogP contribution in [0.25, 0.3) is 0 Å². The van der Waals surface area contributed by atoms with Gasteiger partial charge in [0.2, 0.25) is 0 Å². The van der Waals surface area contributed by atoms with Gasteiger partial charge in [0.15, 0.2) is 0 Å². The zero-order chi connectivity index (χ0) is 14.6. The molecule has 21 heavy (non-hydrogen) atoms. The summed E-state index contributed by atoms with van der Waals surface area (Å²) in [6, 6.07) is 5.36. The fourth-order valence-corrected chi connectivity index (χ4v) is 5.50. The average molecular weight is 308 g/mol. The summed E-state index contributed by atoms with van der Waals surface area (Å²) in [5, 5.41) is 4.11. The second-order valence-corrected chi connectivity index (χ2v) is 7.60. The standard InChI is InChI=1S/C18H23ClFN/c1-2-7-21-18(13-6-5-12(19)9-14(13)20)17-15-10-3-4-11(8-10)16(15)17/h5-6,9-11,15-18,21H,2-4,7-8H2,1H3. The normalized spacial score (nSPS) is 37.6. The molecule has 1 N–H and O–H groups in total. The van der Waals surface area contributed by atoms with Gasteiger partial charge in [0.1, 0.15) is 5.82 Å². The third-order valence-corrected chi connectivity index (χ3v) is 6.33. The van der Waals surface area contributed by atoms with Crippen LogP contribution in [0.5, 0.6) is 0 Å². The van der Waals surface area contributed by atoms with E-state index in [0.717, 1.165) is 42.2 Å². The van der Waals surface area contributed by atoms with E-state index in [0.29, 0.717) is 10.9 Å². The Morgan fingerprint density at radius 2 is 2.00 bits per heavy atom. The molecule has 5 unspecified atom stereocenters. The van der Waals surface area contributed by atoms with E-state index >= 15 is 0 Å². The van der Waals surface area contributed by atoms with Crippen LogP contribution in [0.15, 0.2) is 18.2 Å². The Hall–Kier alpha value is -0.600. The van der Waals surface area contributed by atoms with E-state index in [1.165, 1.54) is 25.3 Å². The summed E-state index contributed by atoms with van der Waals surface area (Å²) in [5.74, 6) is 4.06. The second kappa shape index (κ2) is 5.24. The summed E-state index contributed by atoms with van der Waals surface area (Å²) in [6.07, 6.45) is 5.34. The van der Waals surface area contributed by atoms with E-state index in [1.54, 1.807) is 0 Å². The smallest absolute Gasteiger partial charge is 0.129 e. The Morgan fingerprint density at radius 3 is 2.62 bits per heavy atom. The zero-order valence-electron chi connectivity index (χ0n) is 12.5. The van der Waals surface area contributed by atoms with Gasteiger partial charge in [-0.15, -0.1) is 0 Å². The molecule has 0 spiro atoms. The fraction of sp³-hybridized carbons (Fsp3) is 0.667. The Labute approximate surface area is 131 Å². The van der Waals surface area contributed by atoms with Crippen molar-refractivity contribution in [2.45, 2.75) is 38.6 Å². The molecule has 4 rings (SSSR count). The van der Waals surface area contributed by atoms with Crippen molar-refractivity contribution >= 4 is 11.6 Å². The van der Waals surface area contributed by atoms with Crippen LogP contribution in [0.4, 0.5) is 4.39 Å². The van der Waals surface area contributed by atoms with Crippen LogP contribution in [0.1, 0.15) is 44.2 Å². The monoisotopic (exact) mass is 307 g/mol. The minimum Gasteiger partial charge on any atom is -0.310 e. The topological polar surface area (TPSA) is 12.0 Å². The van der Waals surface area contributed by atoms with Gasteiger partial charge in [-0.05, 0) is 74.0 Å². The van der Waals surface area contributed by atoms with E-state index in [-0.39, 0.29) is 11.9 Å². The van der Waals surface area contributed by atoms with Crippen molar-refractivity contribution in [2.75, 3.05) is 6.54 Å². The van der Waals surface area contributed by atoms with Gasteiger partial charge in [-0.1, -0.05) is 24.6 Å². The van der Waals surface area contributed by atoms with E-state index in [2.05, 4.69) is 12.2 Å². The molecule has 0 heterocycles. The largest absolute Gasteiger partial charge is 0.310 e. The molecular weight excluding hydrogens is 285 g/mol. The maximum Gasteiger partial charge on any atom is 0.129 e. The van der Waals surface area contributed by atoms with Gasteiger partial charge in [0.25, 0.3) is 0 Å². The lowest BCUT2D eigenvalue weighted by Gasteiger charge is -2.23. The average Bonchev–Trinajstić information content (AvgIpc) is 2.88. The zero-order valence-corrected chi connectivity index (χ0v) is 13.2. The molecule has 114 valence electrons. The maximum atomic E-state index is 14.4. The molecule has 0 saturated heterocycles. The molecule has 0 aromatic heterocycles. The SMILES string of the molecule is CCCNC(c1ccc(Cl)cc1F)C1C2C3CCC(C3)C21. The lowest BCUT2D eigenvalue weighted by molar-refractivity contribution is 0.362. The van der Waals surface area contributed by atoms with Gasteiger partial charge in [0, 0.05) is 16.6 Å². The highest BCUT2D eigenvalue weighted by atomic mass is 35.5. The number of nitrogens with one attached hydrogen (secondary N) is 1. The summed E-state index contributed by atoms with van der Waals surface area (Å²) in [6.45, 7) is 3.12. The summed E-state index contributed by atoms with van der Waals surface area (Å²) < 4.78 is 14.4. The van der Waals surface area contributed by atoms with Crippen LogP contribution in [0, 0.1) is 35.4 Å². The molecule has 3 saturated carbocycles. The number of rotatable bonds is 5. The van der Waals surface area contributed by atoms with Crippen molar-refractivity contribution in [1.29, 1.82) is 0 Å². The molecule has 3 aliphatic carbocycles. The Kier molecular flexibility index (Phi) is 3.50. The molecule has 3 fully saturated rings. The lowest BCUT2D eigenvalue weighted by Crippen LogP contribution is -2.27. The van der Waals surface area contributed by atoms with Gasteiger partial charge in [-0.25, -0.2) is 4.39 Å². The maximum absolute atomic E-state index is 14.4. The predicted octanol–water partition coefficient (Wildman–Crippen LogP) is 4.81. The Balaban J connectivity index is 1.60. The first kappa shape index (κ1) is 14.0. The number of halogens is 2. The number of benzene rings is 1. The molecule has 3 heteroatoms. The highest BCUT2D eigenvalue weighted by Crippen LogP contribution is 2.72. The fourth-order valence-electron chi connectivity index (χ4n) is 5.35. The number of fused-ring (bicyclic) bond motifs is 5. The van der Waals surface area contributed by atoms with Crippen molar-refractivity contribution in [3.8, 4) is 0 Å². The quantitative estimate of drug-likeness (QED) is 0.823. The lowest BCUT2D eigenvalue weighted by atomic mass is 9.92. The first-order chi connectivity index (χ1) is 10.2. The van der Waals surface area contributed by atoms with Gasteiger partial charge in [-0.2, -0.15) is 0 Å². The molecule has 0 aliphatic heterocycles. The number of hydrogen-bond donors (Lipinski definition) is 1. The predicted molar refractivity (Wildman–Crippen MR) is 83.7 cm³/mol. The Morgan fingerprint density at radius 1 is 1.29 bits per heavy atom. The third-order valence-electron chi connectivity index (χ3n) is 6.09. The van der Waals surface area contributed by atoms with Crippen LogP contribution in [-0.4, -0.2) is 6.54 Å².